The normalized spacial score (nSPS) is 11.1. The van der Waals surface area contributed by atoms with Crippen LogP contribution < -0.4 is 4.74 Å². The molecule has 1 aromatic carbocycles. The van der Waals surface area contributed by atoms with E-state index in [1.807, 2.05) is 0 Å². The Balaban J connectivity index is 3.02. The van der Waals surface area contributed by atoms with Crippen LogP contribution >= 0.6 is 0 Å². The minimum atomic E-state index is -4.05. The van der Waals surface area contributed by atoms with E-state index in [1.54, 1.807) is 0 Å². The molecule has 0 spiro atoms. The topological polar surface area (TPSA) is 52.4 Å². The quantitative estimate of drug-likeness (QED) is 0.429. The van der Waals surface area contributed by atoms with Gasteiger partial charge in [-0.05, 0) is 24.3 Å². The predicted octanol–water partition coefficient (Wildman–Crippen LogP) is 2.02. The zero-order valence-electron chi connectivity index (χ0n) is 7.24. The van der Waals surface area contributed by atoms with Crippen molar-refractivity contribution in [1.82, 2.24) is 0 Å². The maximum Gasteiger partial charge on any atom is 0.539 e. The Morgan fingerprint density at radius 2 is 1.86 bits per heavy atom. The fourth-order valence-corrected chi connectivity index (χ4v) is 0.897. The van der Waals surface area contributed by atoms with Crippen molar-refractivity contribution >= 4 is 0 Å². The Morgan fingerprint density at radius 1 is 1.36 bits per heavy atom. The van der Waals surface area contributed by atoms with Crippen LogP contribution in [0.1, 0.15) is 5.56 Å². The van der Waals surface area contributed by atoms with Gasteiger partial charge in [-0.2, -0.15) is 0 Å². The number of nitrogens with zero attached hydrogens (tertiary/aromatic N) is 1. The highest BCUT2D eigenvalue weighted by Crippen LogP contribution is 2.29. The molecule has 0 atom stereocenters. The number of rotatable bonds is 3. The van der Waals surface area contributed by atoms with Gasteiger partial charge in [0.1, 0.15) is 16.2 Å². The number of benzene rings is 1. The molecule has 0 saturated heterocycles. The SMILES string of the molecule is COc1ccc(C(F)(F)[N+](=O)[O-])cc1. The van der Waals surface area contributed by atoms with Crippen molar-refractivity contribution in [2.24, 2.45) is 0 Å². The highest BCUT2D eigenvalue weighted by Gasteiger charge is 2.46. The van der Waals surface area contributed by atoms with Gasteiger partial charge in [-0.3, -0.25) is 10.1 Å². The third-order valence-corrected chi connectivity index (χ3v) is 1.67. The lowest BCUT2D eigenvalue weighted by Crippen LogP contribution is -2.24. The second-order valence-electron chi connectivity index (χ2n) is 2.53. The largest absolute Gasteiger partial charge is 0.539 e. The van der Waals surface area contributed by atoms with Crippen LogP contribution in [-0.4, -0.2) is 12.0 Å². The van der Waals surface area contributed by atoms with E-state index in [-0.39, 0.29) is 0 Å². The first kappa shape index (κ1) is 10.4. The lowest BCUT2D eigenvalue weighted by Gasteiger charge is -2.07. The fraction of sp³-hybridized carbons (Fsp3) is 0.250. The molecule has 0 bridgehead atoms. The molecule has 0 amide bonds. The van der Waals surface area contributed by atoms with E-state index < -0.39 is 16.5 Å². The molecule has 0 heterocycles. The summed E-state index contributed by atoms with van der Waals surface area (Å²) in [4.78, 5) is 8.37. The molecule has 0 unspecified atom stereocenters. The van der Waals surface area contributed by atoms with Gasteiger partial charge < -0.3 is 4.74 Å². The van der Waals surface area contributed by atoms with E-state index in [9.17, 15) is 18.9 Å². The van der Waals surface area contributed by atoms with E-state index in [1.165, 1.54) is 19.2 Å². The Bertz CT molecular complexity index is 337. The van der Waals surface area contributed by atoms with Crippen LogP contribution in [0.15, 0.2) is 24.3 Å². The molecular weight excluding hydrogens is 196 g/mol. The first-order valence-corrected chi connectivity index (χ1v) is 3.65. The number of halogens is 2. The second-order valence-corrected chi connectivity index (χ2v) is 2.53. The van der Waals surface area contributed by atoms with Crippen LogP contribution in [0, 0.1) is 10.1 Å². The number of methoxy groups -OCH3 is 1. The molecule has 0 aliphatic carbocycles. The van der Waals surface area contributed by atoms with Gasteiger partial charge in [0.2, 0.25) is 0 Å². The van der Waals surface area contributed by atoms with Crippen molar-refractivity contribution in [3.63, 3.8) is 0 Å². The van der Waals surface area contributed by atoms with Crippen molar-refractivity contribution < 1.29 is 18.4 Å². The molecule has 1 rings (SSSR count). The molecule has 0 fully saturated rings. The van der Waals surface area contributed by atoms with Crippen molar-refractivity contribution in [1.29, 1.82) is 0 Å². The summed E-state index contributed by atoms with van der Waals surface area (Å²) in [5.74, 6) is 0.368. The van der Waals surface area contributed by atoms with Crippen LogP contribution in [0.25, 0.3) is 0 Å². The van der Waals surface area contributed by atoms with Crippen LogP contribution in [-0.2, 0) is 6.05 Å². The average Bonchev–Trinajstić information content (AvgIpc) is 2.17. The van der Waals surface area contributed by atoms with Crippen molar-refractivity contribution in [3.05, 3.63) is 39.9 Å². The molecule has 4 nitrogen and oxygen atoms in total. The fourth-order valence-electron chi connectivity index (χ4n) is 0.897. The monoisotopic (exact) mass is 203 g/mol. The van der Waals surface area contributed by atoms with E-state index in [4.69, 9.17) is 4.74 Å². The lowest BCUT2D eigenvalue weighted by molar-refractivity contribution is -0.656. The predicted molar refractivity (Wildman–Crippen MR) is 43.9 cm³/mol. The Hall–Kier alpha value is -1.72. The minimum absolute atomic E-state index is 0.368. The third-order valence-electron chi connectivity index (χ3n) is 1.67. The molecular formula is C8H7F2NO3. The standard InChI is InChI=1S/C8H7F2NO3/c1-14-7-4-2-6(3-5-7)8(9,10)11(12)13/h2-5H,1H3. The van der Waals surface area contributed by atoms with Crippen LogP contribution in [0.2, 0.25) is 0 Å². The molecule has 6 heteroatoms. The third kappa shape index (κ3) is 1.78. The van der Waals surface area contributed by atoms with Gasteiger partial charge in [-0.1, -0.05) is 0 Å². The highest BCUT2D eigenvalue weighted by atomic mass is 19.3. The summed E-state index contributed by atoms with van der Waals surface area (Å²) in [6.45, 7) is 0. The summed E-state index contributed by atoms with van der Waals surface area (Å²) in [6.07, 6.45) is 0. The van der Waals surface area contributed by atoms with E-state index in [2.05, 4.69) is 0 Å². The van der Waals surface area contributed by atoms with Crippen LogP contribution in [0.3, 0.4) is 0 Å². The van der Waals surface area contributed by atoms with Crippen molar-refractivity contribution in [3.8, 4) is 5.75 Å². The first-order chi connectivity index (χ1) is 6.48. The number of nitro groups is 1. The van der Waals surface area contributed by atoms with Crippen molar-refractivity contribution in [2.75, 3.05) is 7.11 Å². The summed E-state index contributed by atoms with van der Waals surface area (Å²) in [7, 11) is 1.38. The smallest absolute Gasteiger partial charge is 0.497 e. The summed E-state index contributed by atoms with van der Waals surface area (Å²) < 4.78 is 30.3. The Morgan fingerprint density at radius 3 is 2.21 bits per heavy atom. The molecule has 14 heavy (non-hydrogen) atoms. The summed E-state index contributed by atoms with van der Waals surface area (Å²) >= 11 is 0. The number of hydrogen-bond donors (Lipinski definition) is 0. The maximum absolute atomic E-state index is 12.8. The molecule has 76 valence electrons. The number of ether oxygens (including phenoxy) is 1. The van der Waals surface area contributed by atoms with Gasteiger partial charge >= 0.3 is 6.05 Å². The van der Waals surface area contributed by atoms with Gasteiger partial charge in [-0.15, -0.1) is 8.78 Å². The Kier molecular flexibility index (Phi) is 2.64. The van der Waals surface area contributed by atoms with E-state index in [0.29, 0.717) is 5.75 Å². The molecule has 0 saturated carbocycles. The summed E-state index contributed by atoms with van der Waals surface area (Å²) in [6, 6.07) is 0.356. The maximum atomic E-state index is 12.8. The Labute approximate surface area is 78.3 Å². The van der Waals surface area contributed by atoms with Gasteiger partial charge in [0.05, 0.1) is 7.11 Å². The second kappa shape index (κ2) is 3.57. The zero-order chi connectivity index (χ0) is 10.8. The van der Waals surface area contributed by atoms with Gasteiger partial charge in [0.25, 0.3) is 0 Å². The molecule has 0 N–H and O–H groups in total. The van der Waals surface area contributed by atoms with E-state index in [0.717, 1.165) is 12.1 Å². The molecule has 0 aromatic heterocycles. The zero-order valence-corrected chi connectivity index (χ0v) is 7.24. The van der Waals surface area contributed by atoms with Gasteiger partial charge in [0, 0.05) is 0 Å². The minimum Gasteiger partial charge on any atom is -0.497 e. The number of hydrogen-bond acceptors (Lipinski definition) is 3. The number of alkyl halides is 2. The van der Waals surface area contributed by atoms with Crippen LogP contribution in [0.5, 0.6) is 5.75 Å². The average molecular weight is 203 g/mol. The lowest BCUT2D eigenvalue weighted by atomic mass is 10.2. The molecule has 0 aliphatic rings. The van der Waals surface area contributed by atoms with E-state index >= 15 is 0 Å². The molecule has 0 aliphatic heterocycles. The van der Waals surface area contributed by atoms with Crippen LogP contribution in [0.4, 0.5) is 8.78 Å². The summed E-state index contributed by atoms with van der Waals surface area (Å²) in [5, 5.41) is 10.0. The van der Waals surface area contributed by atoms with Gasteiger partial charge in [0.15, 0.2) is 0 Å². The first-order valence-electron chi connectivity index (χ1n) is 3.65. The molecule has 0 radical (unpaired) electrons. The molecule has 1 aromatic rings. The summed E-state index contributed by atoms with van der Waals surface area (Å²) in [5.41, 5.74) is -0.664. The van der Waals surface area contributed by atoms with Gasteiger partial charge in [-0.25, -0.2) is 0 Å². The van der Waals surface area contributed by atoms with Crippen molar-refractivity contribution in [2.45, 2.75) is 6.05 Å². The highest BCUT2D eigenvalue weighted by molar-refractivity contribution is 5.28.